The maximum absolute atomic E-state index is 11.5. The molecule has 0 aromatic carbocycles. The molecule has 0 saturated carbocycles. The molecular weight excluding hydrogens is 180 g/mol. The van der Waals surface area contributed by atoms with E-state index in [0.717, 1.165) is 30.5 Å². The number of aryl methyl sites for hydroxylation is 2. The summed E-state index contributed by atoms with van der Waals surface area (Å²) in [5.74, 6) is -0.239. The zero-order chi connectivity index (χ0) is 10.1. The summed E-state index contributed by atoms with van der Waals surface area (Å²) in [4.78, 5) is 11.5. The third-order valence-electron chi connectivity index (χ3n) is 2.71. The van der Waals surface area contributed by atoms with Gasteiger partial charge in [0.1, 0.15) is 0 Å². The number of carbonyl (C=O) groups is 1. The van der Waals surface area contributed by atoms with Crippen LogP contribution in [0.25, 0.3) is 0 Å². The van der Waals surface area contributed by atoms with Gasteiger partial charge >= 0.3 is 5.97 Å². The summed E-state index contributed by atoms with van der Waals surface area (Å²) in [6, 6.07) is 0. The number of methoxy groups -OCH3 is 1. The zero-order valence-corrected chi connectivity index (χ0v) is 8.49. The first-order chi connectivity index (χ1) is 6.72. The van der Waals surface area contributed by atoms with Crippen LogP contribution in [0.4, 0.5) is 0 Å². The number of nitrogens with zero attached hydrogens (tertiary/aromatic N) is 2. The minimum absolute atomic E-state index is 0.0996. The molecule has 14 heavy (non-hydrogen) atoms. The molecule has 1 unspecified atom stereocenters. The number of fused-ring (bicyclic) bond motifs is 1. The van der Waals surface area contributed by atoms with Gasteiger partial charge in [0.15, 0.2) is 0 Å². The first-order valence-electron chi connectivity index (χ1n) is 4.82. The van der Waals surface area contributed by atoms with Crippen molar-refractivity contribution in [1.82, 2.24) is 9.78 Å². The number of hydrogen-bond donors (Lipinski definition) is 0. The predicted molar refractivity (Wildman–Crippen MR) is 50.9 cm³/mol. The van der Waals surface area contributed by atoms with Crippen molar-refractivity contribution in [3.8, 4) is 0 Å². The highest BCUT2D eigenvalue weighted by atomic mass is 16.5. The van der Waals surface area contributed by atoms with Gasteiger partial charge in [0, 0.05) is 18.8 Å². The van der Waals surface area contributed by atoms with E-state index in [9.17, 15) is 4.79 Å². The third-order valence-corrected chi connectivity index (χ3v) is 2.71. The highest BCUT2D eigenvalue weighted by Crippen LogP contribution is 2.31. The van der Waals surface area contributed by atoms with Gasteiger partial charge in [0.2, 0.25) is 0 Å². The van der Waals surface area contributed by atoms with Gasteiger partial charge in [-0.1, -0.05) is 0 Å². The first-order valence-corrected chi connectivity index (χ1v) is 4.82. The Morgan fingerprint density at radius 3 is 3.21 bits per heavy atom. The molecule has 0 bridgehead atoms. The summed E-state index contributed by atoms with van der Waals surface area (Å²) in [6.45, 7) is 0. The maximum Gasteiger partial charge on any atom is 0.313 e. The van der Waals surface area contributed by atoms with Crippen LogP contribution in [0.2, 0.25) is 0 Å². The molecule has 0 aliphatic heterocycles. The van der Waals surface area contributed by atoms with Gasteiger partial charge in [-0.3, -0.25) is 9.48 Å². The van der Waals surface area contributed by atoms with Crippen molar-refractivity contribution in [2.24, 2.45) is 7.05 Å². The van der Waals surface area contributed by atoms with Crippen LogP contribution in [0.1, 0.15) is 30.0 Å². The summed E-state index contributed by atoms with van der Waals surface area (Å²) < 4.78 is 6.55. The van der Waals surface area contributed by atoms with Gasteiger partial charge in [-0.25, -0.2) is 0 Å². The second kappa shape index (κ2) is 3.44. The van der Waals surface area contributed by atoms with E-state index in [1.54, 1.807) is 4.68 Å². The van der Waals surface area contributed by atoms with Crippen LogP contribution < -0.4 is 0 Å². The summed E-state index contributed by atoms with van der Waals surface area (Å²) in [6.07, 6.45) is 4.80. The molecule has 1 aromatic rings. The Bertz CT molecular complexity index is 357. The van der Waals surface area contributed by atoms with Crippen molar-refractivity contribution in [1.29, 1.82) is 0 Å². The molecule has 0 amide bonds. The Kier molecular flexibility index (Phi) is 2.27. The molecule has 0 N–H and O–H groups in total. The predicted octanol–water partition coefficient (Wildman–Crippen LogP) is 1.01. The molecule has 2 rings (SSSR count). The SMILES string of the molecule is COC(=O)C1CCCc2nn(C)cc21. The van der Waals surface area contributed by atoms with Gasteiger partial charge in [0.05, 0.1) is 18.7 Å². The fraction of sp³-hybridized carbons (Fsp3) is 0.600. The fourth-order valence-electron chi connectivity index (χ4n) is 2.05. The smallest absolute Gasteiger partial charge is 0.313 e. The number of hydrogen-bond acceptors (Lipinski definition) is 3. The van der Waals surface area contributed by atoms with Crippen molar-refractivity contribution < 1.29 is 9.53 Å². The third kappa shape index (κ3) is 1.41. The number of rotatable bonds is 1. The van der Waals surface area contributed by atoms with E-state index in [4.69, 9.17) is 4.74 Å². The Labute approximate surface area is 82.9 Å². The molecule has 1 aliphatic rings. The van der Waals surface area contributed by atoms with E-state index < -0.39 is 0 Å². The van der Waals surface area contributed by atoms with Crippen LogP contribution in [0.5, 0.6) is 0 Å². The molecule has 1 aliphatic carbocycles. The molecule has 0 spiro atoms. The number of esters is 1. The van der Waals surface area contributed by atoms with Crippen LogP contribution in [0.15, 0.2) is 6.20 Å². The normalized spacial score (nSPS) is 20.3. The van der Waals surface area contributed by atoms with Gasteiger partial charge < -0.3 is 4.74 Å². The topological polar surface area (TPSA) is 44.1 Å². The quantitative estimate of drug-likeness (QED) is 0.627. The summed E-state index contributed by atoms with van der Waals surface area (Å²) in [5.41, 5.74) is 2.10. The number of ether oxygens (including phenoxy) is 1. The molecule has 1 atom stereocenters. The lowest BCUT2D eigenvalue weighted by molar-refractivity contribution is -0.142. The number of carbonyl (C=O) groups excluding carboxylic acids is 1. The molecular formula is C10H14N2O2. The van der Waals surface area contributed by atoms with E-state index in [1.807, 2.05) is 13.2 Å². The van der Waals surface area contributed by atoms with Crippen molar-refractivity contribution in [2.45, 2.75) is 25.2 Å². The van der Waals surface area contributed by atoms with Crippen LogP contribution in [0, 0.1) is 0 Å². The van der Waals surface area contributed by atoms with Crippen molar-refractivity contribution >= 4 is 5.97 Å². The monoisotopic (exact) mass is 194 g/mol. The standard InChI is InChI=1S/C10H14N2O2/c1-12-6-8-7(10(13)14-2)4-3-5-9(8)11-12/h6-7H,3-5H2,1-2H3. The van der Waals surface area contributed by atoms with E-state index >= 15 is 0 Å². The van der Waals surface area contributed by atoms with E-state index in [1.165, 1.54) is 7.11 Å². The van der Waals surface area contributed by atoms with Crippen molar-refractivity contribution in [2.75, 3.05) is 7.11 Å². The Hall–Kier alpha value is -1.32. The molecule has 76 valence electrons. The van der Waals surface area contributed by atoms with Gasteiger partial charge in [0.25, 0.3) is 0 Å². The van der Waals surface area contributed by atoms with Crippen molar-refractivity contribution in [3.63, 3.8) is 0 Å². The second-order valence-electron chi connectivity index (χ2n) is 3.67. The van der Waals surface area contributed by atoms with E-state index in [0.29, 0.717) is 0 Å². The molecule has 4 nitrogen and oxygen atoms in total. The summed E-state index contributed by atoms with van der Waals surface area (Å²) in [5, 5.41) is 4.33. The Morgan fingerprint density at radius 1 is 1.71 bits per heavy atom. The summed E-state index contributed by atoms with van der Waals surface area (Å²) >= 11 is 0. The lowest BCUT2D eigenvalue weighted by Crippen LogP contribution is -2.18. The lowest BCUT2D eigenvalue weighted by atomic mass is 9.87. The van der Waals surface area contributed by atoms with Crippen LogP contribution in [-0.4, -0.2) is 22.9 Å². The van der Waals surface area contributed by atoms with Gasteiger partial charge in [-0.2, -0.15) is 5.10 Å². The average molecular weight is 194 g/mol. The first kappa shape index (κ1) is 9.24. The average Bonchev–Trinajstić information content (AvgIpc) is 2.56. The highest BCUT2D eigenvalue weighted by molar-refractivity contribution is 5.78. The number of aromatic nitrogens is 2. The molecule has 1 heterocycles. The Balaban J connectivity index is 2.34. The Morgan fingerprint density at radius 2 is 2.50 bits per heavy atom. The molecule has 0 fully saturated rings. The molecule has 1 aromatic heterocycles. The molecule has 4 heteroatoms. The minimum Gasteiger partial charge on any atom is -0.469 e. The van der Waals surface area contributed by atoms with Gasteiger partial charge in [-0.15, -0.1) is 0 Å². The zero-order valence-electron chi connectivity index (χ0n) is 8.49. The largest absolute Gasteiger partial charge is 0.469 e. The summed E-state index contributed by atoms with van der Waals surface area (Å²) in [7, 11) is 3.32. The lowest BCUT2D eigenvalue weighted by Gasteiger charge is -2.18. The van der Waals surface area contributed by atoms with Crippen LogP contribution >= 0.6 is 0 Å². The van der Waals surface area contributed by atoms with E-state index in [-0.39, 0.29) is 11.9 Å². The molecule has 0 radical (unpaired) electrons. The van der Waals surface area contributed by atoms with Gasteiger partial charge in [-0.05, 0) is 19.3 Å². The maximum atomic E-state index is 11.5. The minimum atomic E-state index is -0.140. The van der Waals surface area contributed by atoms with Crippen LogP contribution in [0.3, 0.4) is 0 Å². The van der Waals surface area contributed by atoms with Crippen molar-refractivity contribution in [3.05, 3.63) is 17.5 Å². The molecule has 0 saturated heterocycles. The van der Waals surface area contributed by atoms with Crippen LogP contribution in [-0.2, 0) is 23.0 Å². The highest BCUT2D eigenvalue weighted by Gasteiger charge is 2.29. The van der Waals surface area contributed by atoms with E-state index in [2.05, 4.69) is 5.10 Å². The second-order valence-corrected chi connectivity index (χ2v) is 3.67. The fourth-order valence-corrected chi connectivity index (χ4v) is 2.05.